The van der Waals surface area contributed by atoms with Crippen LogP contribution < -0.4 is 10.1 Å². The summed E-state index contributed by atoms with van der Waals surface area (Å²) in [6.45, 7) is 4.98. The number of halogens is 1. The predicted molar refractivity (Wildman–Crippen MR) is 105 cm³/mol. The molecule has 2 aromatic rings. The molecule has 2 amide bonds. The molecule has 148 valence electrons. The maximum atomic E-state index is 13.3. The Bertz CT molecular complexity index is 861. The largest absolute Gasteiger partial charge is 0.483 e. The van der Waals surface area contributed by atoms with E-state index in [-0.39, 0.29) is 24.5 Å². The molecule has 0 aromatic heterocycles. The lowest BCUT2D eigenvalue weighted by molar-refractivity contribution is -0.124. The number of benzene rings is 2. The first-order valence-electron chi connectivity index (χ1n) is 9.47. The van der Waals surface area contributed by atoms with Crippen molar-refractivity contribution in [3.05, 3.63) is 65.0 Å². The molecule has 2 aromatic carbocycles. The highest BCUT2D eigenvalue weighted by atomic mass is 19.1. The molecule has 5 nitrogen and oxygen atoms in total. The lowest BCUT2D eigenvalue weighted by atomic mass is 10.0. The lowest BCUT2D eigenvalue weighted by Gasteiger charge is -2.32. The van der Waals surface area contributed by atoms with Gasteiger partial charge >= 0.3 is 0 Å². The van der Waals surface area contributed by atoms with Crippen molar-refractivity contribution in [1.82, 2.24) is 10.2 Å². The van der Waals surface area contributed by atoms with Gasteiger partial charge in [0.05, 0.1) is 0 Å². The fourth-order valence-corrected chi connectivity index (χ4v) is 3.32. The fourth-order valence-electron chi connectivity index (χ4n) is 3.32. The maximum Gasteiger partial charge on any atom is 0.258 e. The van der Waals surface area contributed by atoms with Crippen molar-refractivity contribution in [3.8, 4) is 5.75 Å². The Morgan fingerprint density at radius 2 is 1.86 bits per heavy atom. The summed E-state index contributed by atoms with van der Waals surface area (Å²) >= 11 is 0. The van der Waals surface area contributed by atoms with Crippen molar-refractivity contribution in [1.29, 1.82) is 0 Å². The summed E-state index contributed by atoms with van der Waals surface area (Å²) < 4.78 is 18.9. The predicted octanol–water partition coefficient (Wildman–Crippen LogP) is 3.24. The Morgan fingerprint density at radius 1 is 1.14 bits per heavy atom. The third-order valence-corrected chi connectivity index (χ3v) is 5.13. The second-order valence-electron chi connectivity index (χ2n) is 7.13. The standard InChI is InChI=1S/C22H25FN2O3/c1-15-5-3-8-20(16(15)2)28-14-21(26)24-19-9-11-25(12-10-19)22(27)17-6-4-7-18(23)13-17/h3-8,13,19H,9-12,14H2,1-2H3,(H,24,26). The van der Waals surface area contributed by atoms with Crippen molar-refractivity contribution < 1.29 is 18.7 Å². The van der Waals surface area contributed by atoms with Gasteiger partial charge in [0, 0.05) is 24.7 Å². The number of hydrogen-bond acceptors (Lipinski definition) is 3. The molecular formula is C22H25FN2O3. The van der Waals surface area contributed by atoms with E-state index in [1.165, 1.54) is 18.2 Å². The van der Waals surface area contributed by atoms with Gasteiger partial charge in [0.1, 0.15) is 11.6 Å². The number of aryl methyl sites for hydroxylation is 1. The molecule has 0 bridgehead atoms. The van der Waals surface area contributed by atoms with Crippen LogP contribution in [0.4, 0.5) is 4.39 Å². The van der Waals surface area contributed by atoms with Crippen molar-refractivity contribution in [2.24, 2.45) is 0 Å². The number of carbonyl (C=O) groups excluding carboxylic acids is 2. The monoisotopic (exact) mass is 384 g/mol. The summed E-state index contributed by atoms with van der Waals surface area (Å²) in [6.07, 6.45) is 1.33. The van der Waals surface area contributed by atoms with Gasteiger partial charge in [-0.2, -0.15) is 0 Å². The van der Waals surface area contributed by atoms with Crippen LogP contribution in [0.3, 0.4) is 0 Å². The van der Waals surface area contributed by atoms with Gasteiger partial charge in [0.15, 0.2) is 6.61 Å². The Balaban J connectivity index is 1.45. The van der Waals surface area contributed by atoms with Gasteiger partial charge in [-0.1, -0.05) is 18.2 Å². The van der Waals surface area contributed by atoms with Crippen molar-refractivity contribution >= 4 is 11.8 Å². The zero-order valence-corrected chi connectivity index (χ0v) is 16.2. The van der Waals surface area contributed by atoms with E-state index in [1.54, 1.807) is 11.0 Å². The van der Waals surface area contributed by atoms with Crippen LogP contribution in [0.15, 0.2) is 42.5 Å². The van der Waals surface area contributed by atoms with E-state index < -0.39 is 5.82 Å². The summed E-state index contributed by atoms with van der Waals surface area (Å²) in [7, 11) is 0. The Hall–Kier alpha value is -2.89. The van der Waals surface area contributed by atoms with Gasteiger partial charge in [0.2, 0.25) is 0 Å². The van der Waals surface area contributed by atoms with Crippen LogP contribution in [0.2, 0.25) is 0 Å². The SMILES string of the molecule is Cc1cccc(OCC(=O)NC2CCN(C(=O)c3cccc(F)c3)CC2)c1C. The Kier molecular flexibility index (Phi) is 6.29. The minimum absolute atomic E-state index is 0.00580. The third-order valence-electron chi connectivity index (χ3n) is 5.13. The molecular weight excluding hydrogens is 359 g/mol. The number of nitrogens with one attached hydrogen (secondary N) is 1. The van der Waals surface area contributed by atoms with Gasteiger partial charge in [-0.15, -0.1) is 0 Å². The smallest absolute Gasteiger partial charge is 0.258 e. The van der Waals surface area contributed by atoms with Crippen LogP contribution in [0, 0.1) is 19.7 Å². The summed E-state index contributed by atoms with van der Waals surface area (Å²) in [5.41, 5.74) is 2.50. The number of amides is 2. The van der Waals surface area contributed by atoms with E-state index in [2.05, 4.69) is 5.32 Å². The molecule has 28 heavy (non-hydrogen) atoms. The lowest BCUT2D eigenvalue weighted by Crippen LogP contribution is -2.47. The molecule has 1 aliphatic heterocycles. The number of hydrogen-bond donors (Lipinski definition) is 1. The Morgan fingerprint density at radius 3 is 2.57 bits per heavy atom. The molecule has 0 atom stereocenters. The van der Waals surface area contributed by atoms with Crippen LogP contribution >= 0.6 is 0 Å². The highest BCUT2D eigenvalue weighted by Crippen LogP contribution is 2.20. The van der Waals surface area contributed by atoms with Crippen LogP contribution in [0.1, 0.15) is 34.3 Å². The highest BCUT2D eigenvalue weighted by molar-refractivity contribution is 5.94. The first-order chi connectivity index (χ1) is 13.4. The van der Waals surface area contributed by atoms with Crippen LogP contribution in [0.25, 0.3) is 0 Å². The molecule has 0 unspecified atom stereocenters. The zero-order valence-electron chi connectivity index (χ0n) is 16.2. The van der Waals surface area contributed by atoms with Crippen molar-refractivity contribution in [3.63, 3.8) is 0 Å². The van der Waals surface area contributed by atoms with Crippen LogP contribution in [0.5, 0.6) is 5.75 Å². The van der Waals surface area contributed by atoms with Crippen LogP contribution in [-0.4, -0.2) is 42.5 Å². The van der Waals surface area contributed by atoms with Gasteiger partial charge < -0.3 is 15.0 Å². The number of carbonyl (C=O) groups is 2. The molecule has 1 saturated heterocycles. The van der Waals surface area contributed by atoms with Gasteiger partial charge in [-0.25, -0.2) is 4.39 Å². The minimum Gasteiger partial charge on any atom is -0.483 e. The first-order valence-corrected chi connectivity index (χ1v) is 9.47. The molecule has 0 spiro atoms. The number of piperidine rings is 1. The molecule has 1 fully saturated rings. The fraction of sp³-hybridized carbons (Fsp3) is 0.364. The second kappa shape index (κ2) is 8.87. The summed E-state index contributed by atoms with van der Waals surface area (Å²) in [4.78, 5) is 26.3. The molecule has 3 rings (SSSR count). The minimum atomic E-state index is -0.420. The molecule has 1 heterocycles. The molecule has 1 aliphatic rings. The third kappa shape index (κ3) is 4.88. The summed E-state index contributed by atoms with van der Waals surface area (Å²) in [5, 5.41) is 2.97. The molecule has 1 N–H and O–H groups in total. The van der Waals surface area contributed by atoms with E-state index in [0.717, 1.165) is 11.1 Å². The molecule has 0 aliphatic carbocycles. The van der Waals surface area contributed by atoms with E-state index in [4.69, 9.17) is 4.74 Å². The first kappa shape index (κ1) is 19.9. The van der Waals surface area contributed by atoms with Gasteiger partial charge in [0.25, 0.3) is 11.8 Å². The summed E-state index contributed by atoms with van der Waals surface area (Å²) in [6, 6.07) is 11.5. The van der Waals surface area contributed by atoms with E-state index >= 15 is 0 Å². The number of rotatable bonds is 5. The highest BCUT2D eigenvalue weighted by Gasteiger charge is 2.25. The van der Waals surface area contributed by atoms with Crippen molar-refractivity contribution in [2.45, 2.75) is 32.7 Å². The summed E-state index contributed by atoms with van der Waals surface area (Å²) in [5.74, 6) is -0.0548. The van der Waals surface area contributed by atoms with Gasteiger partial charge in [-0.05, 0) is 62.1 Å². The second-order valence-corrected chi connectivity index (χ2v) is 7.13. The quantitative estimate of drug-likeness (QED) is 0.861. The Labute approximate surface area is 164 Å². The zero-order chi connectivity index (χ0) is 20.1. The van der Waals surface area contributed by atoms with E-state index in [1.807, 2.05) is 32.0 Å². The van der Waals surface area contributed by atoms with Gasteiger partial charge in [-0.3, -0.25) is 9.59 Å². The molecule has 0 radical (unpaired) electrons. The number of likely N-dealkylation sites (tertiary alicyclic amines) is 1. The number of ether oxygens (including phenoxy) is 1. The molecule has 6 heteroatoms. The van der Waals surface area contributed by atoms with Crippen LogP contribution in [-0.2, 0) is 4.79 Å². The maximum absolute atomic E-state index is 13.3. The van der Waals surface area contributed by atoms with E-state index in [0.29, 0.717) is 37.2 Å². The van der Waals surface area contributed by atoms with Crippen molar-refractivity contribution in [2.75, 3.05) is 19.7 Å². The average molecular weight is 384 g/mol. The van der Waals surface area contributed by atoms with E-state index in [9.17, 15) is 14.0 Å². The number of nitrogens with zero attached hydrogens (tertiary/aromatic N) is 1. The molecule has 0 saturated carbocycles. The normalized spacial score (nSPS) is 14.6. The topological polar surface area (TPSA) is 58.6 Å². The average Bonchev–Trinajstić information content (AvgIpc) is 2.69.